The fourth-order valence-corrected chi connectivity index (χ4v) is 1.71. The van der Waals surface area contributed by atoms with Crippen LogP contribution in [0.1, 0.15) is 29.6 Å². The van der Waals surface area contributed by atoms with Crippen LogP contribution in [0.4, 0.5) is 8.78 Å². The maximum Gasteiger partial charge on any atom is 0.257 e. The van der Waals surface area contributed by atoms with Gasteiger partial charge in [0.25, 0.3) is 5.91 Å². The Morgan fingerprint density at radius 2 is 2.19 bits per heavy atom. The number of carbonyl (C=O) groups is 1. The zero-order valence-electron chi connectivity index (χ0n) is 8.91. The summed E-state index contributed by atoms with van der Waals surface area (Å²) in [6.45, 7) is 0. The molecule has 1 amide bonds. The Morgan fingerprint density at radius 1 is 1.50 bits per heavy atom. The van der Waals surface area contributed by atoms with Crippen LogP contribution in [-0.2, 0) is 0 Å². The summed E-state index contributed by atoms with van der Waals surface area (Å²) in [6.07, 6.45) is 4.03. The van der Waals surface area contributed by atoms with Gasteiger partial charge in [0.05, 0.1) is 5.56 Å². The minimum Gasteiger partial charge on any atom is -0.339 e. The number of amides is 1. The Hall–Kier alpha value is -1.52. The van der Waals surface area contributed by atoms with Crippen LogP contribution in [0, 0.1) is 11.8 Å². The second-order valence-electron chi connectivity index (χ2n) is 3.96. The van der Waals surface area contributed by atoms with Crippen LogP contribution in [0.3, 0.4) is 0 Å². The van der Waals surface area contributed by atoms with Crippen LogP contribution in [0.2, 0.25) is 0 Å². The van der Waals surface area contributed by atoms with E-state index in [2.05, 4.69) is 4.98 Å². The lowest BCUT2D eigenvalue weighted by atomic mass is 9.91. The van der Waals surface area contributed by atoms with Crippen molar-refractivity contribution in [3.8, 4) is 0 Å². The number of rotatable bonds is 2. The van der Waals surface area contributed by atoms with E-state index < -0.39 is 17.7 Å². The summed E-state index contributed by atoms with van der Waals surface area (Å²) in [6, 6.07) is 1.36. The number of halogens is 2. The van der Waals surface area contributed by atoms with E-state index in [1.807, 2.05) is 0 Å². The van der Waals surface area contributed by atoms with E-state index in [1.54, 1.807) is 7.05 Å². The van der Waals surface area contributed by atoms with Crippen LogP contribution < -0.4 is 0 Å². The molecular formula is C11H12F2N2O. The molecule has 0 saturated heterocycles. The van der Waals surface area contributed by atoms with E-state index in [0.29, 0.717) is 0 Å². The van der Waals surface area contributed by atoms with E-state index in [-0.39, 0.29) is 11.6 Å². The average molecular weight is 226 g/mol. The zero-order chi connectivity index (χ0) is 11.7. The quantitative estimate of drug-likeness (QED) is 0.722. The van der Waals surface area contributed by atoms with Gasteiger partial charge in [0.2, 0.25) is 5.95 Å². The van der Waals surface area contributed by atoms with Crippen LogP contribution in [-0.4, -0.2) is 28.9 Å². The van der Waals surface area contributed by atoms with Crippen LogP contribution in [0.25, 0.3) is 0 Å². The maximum absolute atomic E-state index is 13.3. The van der Waals surface area contributed by atoms with Gasteiger partial charge in [-0.1, -0.05) is 0 Å². The highest BCUT2D eigenvalue weighted by molar-refractivity contribution is 5.94. The molecule has 2 rings (SSSR count). The van der Waals surface area contributed by atoms with Gasteiger partial charge in [-0.05, 0) is 25.3 Å². The summed E-state index contributed by atoms with van der Waals surface area (Å²) in [7, 11) is 1.62. The first-order valence-electron chi connectivity index (χ1n) is 5.18. The van der Waals surface area contributed by atoms with Crippen molar-refractivity contribution in [1.82, 2.24) is 9.88 Å². The first-order valence-corrected chi connectivity index (χ1v) is 5.18. The Morgan fingerprint density at radius 3 is 2.75 bits per heavy atom. The summed E-state index contributed by atoms with van der Waals surface area (Å²) >= 11 is 0. The van der Waals surface area contributed by atoms with Gasteiger partial charge in [0.15, 0.2) is 5.82 Å². The van der Waals surface area contributed by atoms with Crippen molar-refractivity contribution >= 4 is 5.91 Å². The second-order valence-corrected chi connectivity index (χ2v) is 3.96. The van der Waals surface area contributed by atoms with Gasteiger partial charge < -0.3 is 4.90 Å². The molecular weight excluding hydrogens is 214 g/mol. The van der Waals surface area contributed by atoms with Gasteiger partial charge in [-0.15, -0.1) is 0 Å². The molecule has 1 fully saturated rings. The van der Waals surface area contributed by atoms with E-state index in [1.165, 1.54) is 11.0 Å². The van der Waals surface area contributed by atoms with E-state index in [9.17, 15) is 13.6 Å². The van der Waals surface area contributed by atoms with Crippen molar-refractivity contribution in [2.24, 2.45) is 0 Å². The first-order chi connectivity index (χ1) is 7.61. The minimum absolute atomic E-state index is 0.156. The van der Waals surface area contributed by atoms with Crippen molar-refractivity contribution < 1.29 is 13.6 Å². The monoisotopic (exact) mass is 226 g/mol. The summed E-state index contributed by atoms with van der Waals surface area (Å²) in [5, 5.41) is 0. The van der Waals surface area contributed by atoms with Gasteiger partial charge in [0.1, 0.15) is 0 Å². The average Bonchev–Trinajstić information content (AvgIpc) is 2.18. The molecule has 0 atom stereocenters. The lowest BCUT2D eigenvalue weighted by Crippen LogP contribution is -2.41. The number of hydrogen-bond acceptors (Lipinski definition) is 2. The van der Waals surface area contributed by atoms with Gasteiger partial charge in [-0.3, -0.25) is 4.79 Å². The zero-order valence-corrected chi connectivity index (χ0v) is 8.91. The molecule has 5 heteroatoms. The normalized spacial score (nSPS) is 15.7. The third kappa shape index (κ3) is 1.77. The van der Waals surface area contributed by atoms with E-state index >= 15 is 0 Å². The predicted molar refractivity (Wildman–Crippen MR) is 53.9 cm³/mol. The molecule has 1 aromatic rings. The smallest absolute Gasteiger partial charge is 0.257 e. The highest BCUT2D eigenvalue weighted by Crippen LogP contribution is 2.25. The third-order valence-electron chi connectivity index (χ3n) is 3.02. The molecule has 1 saturated carbocycles. The summed E-state index contributed by atoms with van der Waals surface area (Å²) in [4.78, 5) is 16.5. The summed E-state index contributed by atoms with van der Waals surface area (Å²) < 4.78 is 26.2. The number of nitrogens with zero attached hydrogens (tertiary/aromatic N) is 2. The molecule has 0 spiro atoms. The molecule has 0 radical (unpaired) electrons. The fourth-order valence-electron chi connectivity index (χ4n) is 1.71. The first kappa shape index (κ1) is 11.0. The maximum atomic E-state index is 13.3. The SMILES string of the molecule is CN(C(=O)c1ccnc(F)c1F)C1CCC1. The van der Waals surface area contributed by atoms with Gasteiger partial charge in [0, 0.05) is 19.3 Å². The lowest BCUT2D eigenvalue weighted by molar-refractivity contribution is 0.0645. The Bertz CT molecular complexity index is 418. The molecule has 1 heterocycles. The highest BCUT2D eigenvalue weighted by Gasteiger charge is 2.28. The third-order valence-corrected chi connectivity index (χ3v) is 3.02. The molecule has 86 valence electrons. The van der Waals surface area contributed by atoms with Crippen molar-refractivity contribution in [2.45, 2.75) is 25.3 Å². The van der Waals surface area contributed by atoms with Crippen molar-refractivity contribution in [3.05, 3.63) is 29.6 Å². The van der Waals surface area contributed by atoms with Crippen LogP contribution >= 0.6 is 0 Å². The molecule has 0 aromatic carbocycles. The highest BCUT2D eigenvalue weighted by atomic mass is 19.2. The van der Waals surface area contributed by atoms with Crippen LogP contribution in [0.5, 0.6) is 0 Å². The Balaban J connectivity index is 2.22. The largest absolute Gasteiger partial charge is 0.339 e. The van der Waals surface area contributed by atoms with E-state index in [4.69, 9.17) is 0 Å². The number of pyridine rings is 1. The minimum atomic E-state index is -1.23. The second kappa shape index (κ2) is 4.15. The molecule has 0 aliphatic heterocycles. The Kier molecular flexibility index (Phi) is 2.85. The number of aromatic nitrogens is 1. The molecule has 0 bridgehead atoms. The molecule has 16 heavy (non-hydrogen) atoms. The lowest BCUT2D eigenvalue weighted by Gasteiger charge is -2.34. The summed E-state index contributed by atoms with van der Waals surface area (Å²) in [5.74, 6) is -2.88. The number of carbonyl (C=O) groups excluding carboxylic acids is 1. The predicted octanol–water partition coefficient (Wildman–Crippen LogP) is 1.98. The Labute approximate surface area is 92.1 Å². The van der Waals surface area contributed by atoms with Gasteiger partial charge in [-0.25, -0.2) is 9.37 Å². The van der Waals surface area contributed by atoms with Gasteiger partial charge in [-0.2, -0.15) is 4.39 Å². The summed E-state index contributed by atoms with van der Waals surface area (Å²) in [5.41, 5.74) is -0.248. The van der Waals surface area contributed by atoms with Crippen molar-refractivity contribution in [1.29, 1.82) is 0 Å². The van der Waals surface area contributed by atoms with Crippen molar-refractivity contribution in [3.63, 3.8) is 0 Å². The molecule has 0 unspecified atom stereocenters. The van der Waals surface area contributed by atoms with E-state index in [0.717, 1.165) is 25.5 Å². The number of hydrogen-bond donors (Lipinski definition) is 0. The van der Waals surface area contributed by atoms with Crippen LogP contribution in [0.15, 0.2) is 12.3 Å². The molecule has 0 N–H and O–H groups in total. The standard InChI is InChI=1S/C11H12F2N2O/c1-15(7-3-2-4-7)11(16)8-5-6-14-10(13)9(8)12/h5-7H,2-4H2,1H3. The topological polar surface area (TPSA) is 33.2 Å². The molecule has 3 nitrogen and oxygen atoms in total. The molecule has 1 aromatic heterocycles. The fraction of sp³-hybridized carbons (Fsp3) is 0.455. The molecule has 1 aliphatic rings. The molecule has 1 aliphatic carbocycles. The van der Waals surface area contributed by atoms with Gasteiger partial charge >= 0.3 is 0 Å². The van der Waals surface area contributed by atoms with Crippen molar-refractivity contribution in [2.75, 3.05) is 7.05 Å².